The smallest absolute Gasteiger partial charge is 0.341 e. The van der Waals surface area contributed by atoms with E-state index in [-0.39, 0.29) is 23.3 Å². The van der Waals surface area contributed by atoms with Crippen molar-refractivity contribution < 1.29 is 23.1 Å². The van der Waals surface area contributed by atoms with Crippen molar-refractivity contribution in [2.45, 2.75) is 12.6 Å². The van der Waals surface area contributed by atoms with Gasteiger partial charge in [0, 0.05) is 18.8 Å². The molecule has 6 nitrogen and oxygen atoms in total. The number of hydrogen-bond acceptors (Lipinski definition) is 4. The lowest BCUT2D eigenvalue weighted by Crippen LogP contribution is -2.23. The number of nitrogens with zero attached hydrogens (tertiary/aromatic N) is 3. The fourth-order valence-corrected chi connectivity index (χ4v) is 3.31. The number of rotatable bonds is 3. The highest BCUT2D eigenvalue weighted by atomic mass is 19.1. The van der Waals surface area contributed by atoms with E-state index < -0.39 is 34.8 Å². The average Bonchev–Trinajstić information content (AvgIpc) is 3.08. The number of alkyl halides is 1. The molecule has 0 spiro atoms. The predicted molar refractivity (Wildman–Crippen MR) is 95.9 cm³/mol. The number of aromatic nitrogens is 2. The molecule has 1 unspecified atom stereocenters. The van der Waals surface area contributed by atoms with Gasteiger partial charge in [0.2, 0.25) is 5.43 Å². The first-order valence-corrected chi connectivity index (χ1v) is 8.49. The molecule has 1 aliphatic rings. The quantitative estimate of drug-likeness (QED) is 0.746. The van der Waals surface area contributed by atoms with Crippen molar-refractivity contribution in [3.8, 4) is 5.69 Å². The van der Waals surface area contributed by atoms with Crippen LogP contribution in [-0.2, 0) is 0 Å². The van der Waals surface area contributed by atoms with Crippen LogP contribution in [0.1, 0.15) is 16.8 Å². The Morgan fingerprint density at radius 2 is 2.00 bits per heavy atom. The van der Waals surface area contributed by atoms with Crippen LogP contribution >= 0.6 is 0 Å². The van der Waals surface area contributed by atoms with E-state index in [0.717, 1.165) is 22.9 Å². The lowest BCUT2D eigenvalue weighted by molar-refractivity contribution is 0.0695. The Bertz CT molecular complexity index is 1160. The Morgan fingerprint density at radius 3 is 2.64 bits per heavy atom. The number of aromatic carboxylic acids is 1. The first kappa shape index (κ1) is 18.0. The van der Waals surface area contributed by atoms with Crippen molar-refractivity contribution in [3.05, 3.63) is 63.9 Å². The van der Waals surface area contributed by atoms with Crippen molar-refractivity contribution in [1.82, 2.24) is 9.55 Å². The zero-order valence-corrected chi connectivity index (χ0v) is 14.4. The van der Waals surface area contributed by atoms with E-state index in [1.54, 1.807) is 4.90 Å². The average molecular weight is 389 g/mol. The van der Waals surface area contributed by atoms with Crippen molar-refractivity contribution in [2.75, 3.05) is 18.0 Å². The fourth-order valence-electron chi connectivity index (χ4n) is 3.31. The lowest BCUT2D eigenvalue weighted by atomic mass is 10.1. The van der Waals surface area contributed by atoms with Crippen LogP contribution in [-0.4, -0.2) is 39.9 Å². The molecule has 144 valence electrons. The van der Waals surface area contributed by atoms with Gasteiger partial charge in [-0.05, 0) is 30.7 Å². The third-order valence-electron chi connectivity index (χ3n) is 4.69. The van der Waals surface area contributed by atoms with Crippen LogP contribution in [0.2, 0.25) is 0 Å². The summed E-state index contributed by atoms with van der Waals surface area (Å²) in [6, 6.07) is 5.68. The van der Waals surface area contributed by atoms with Crippen LogP contribution < -0.4 is 10.3 Å². The maximum atomic E-state index is 14.4. The van der Waals surface area contributed by atoms with Crippen molar-refractivity contribution in [2.24, 2.45) is 0 Å². The number of anilines is 1. The highest BCUT2D eigenvalue weighted by Crippen LogP contribution is 2.25. The highest BCUT2D eigenvalue weighted by molar-refractivity contribution is 5.92. The fraction of sp³-hybridized carbons (Fsp3) is 0.211. The molecule has 1 aliphatic heterocycles. The maximum absolute atomic E-state index is 14.4. The van der Waals surface area contributed by atoms with Gasteiger partial charge in [0.05, 0.1) is 17.6 Å². The lowest BCUT2D eigenvalue weighted by Gasteiger charge is -2.18. The number of fused-ring (bicyclic) bond motifs is 1. The highest BCUT2D eigenvalue weighted by Gasteiger charge is 2.24. The van der Waals surface area contributed by atoms with Gasteiger partial charge in [0.1, 0.15) is 29.2 Å². The molecule has 1 aromatic carbocycles. The molecule has 3 heterocycles. The molecule has 1 atom stereocenters. The normalized spacial score (nSPS) is 16.7. The van der Waals surface area contributed by atoms with Gasteiger partial charge >= 0.3 is 5.97 Å². The molecule has 2 aromatic heterocycles. The van der Waals surface area contributed by atoms with Gasteiger partial charge in [-0.25, -0.2) is 22.9 Å². The second-order valence-corrected chi connectivity index (χ2v) is 6.52. The number of carbonyl (C=O) groups is 1. The topological polar surface area (TPSA) is 75.4 Å². The number of carboxylic acids is 1. The monoisotopic (exact) mass is 389 g/mol. The first-order valence-electron chi connectivity index (χ1n) is 8.49. The summed E-state index contributed by atoms with van der Waals surface area (Å²) in [4.78, 5) is 30.0. The Balaban J connectivity index is 2.00. The molecule has 0 amide bonds. The zero-order valence-electron chi connectivity index (χ0n) is 14.4. The first-order chi connectivity index (χ1) is 13.3. The van der Waals surface area contributed by atoms with Gasteiger partial charge in [-0.3, -0.25) is 9.36 Å². The van der Waals surface area contributed by atoms with E-state index in [4.69, 9.17) is 0 Å². The molecule has 1 fully saturated rings. The van der Waals surface area contributed by atoms with Crippen molar-refractivity contribution >= 4 is 22.8 Å². The SMILES string of the molecule is O=C(O)c1cn(-c2ccc(F)cc2F)c2nc(N3CCC(F)C3)ccc2c1=O. The summed E-state index contributed by atoms with van der Waals surface area (Å²) in [6.07, 6.45) is 0.308. The summed E-state index contributed by atoms with van der Waals surface area (Å²) in [6.45, 7) is 0.572. The van der Waals surface area contributed by atoms with Crippen LogP contribution in [0.5, 0.6) is 0 Å². The van der Waals surface area contributed by atoms with Gasteiger partial charge in [0.25, 0.3) is 0 Å². The number of hydrogen-bond donors (Lipinski definition) is 1. The van der Waals surface area contributed by atoms with Crippen molar-refractivity contribution in [1.29, 1.82) is 0 Å². The molecule has 0 saturated carbocycles. The van der Waals surface area contributed by atoms with Crippen LogP contribution in [0.25, 0.3) is 16.7 Å². The molecule has 9 heteroatoms. The Hall–Kier alpha value is -3.36. The van der Waals surface area contributed by atoms with E-state index >= 15 is 0 Å². The summed E-state index contributed by atoms with van der Waals surface area (Å²) in [5, 5.41) is 9.29. The van der Waals surface area contributed by atoms with Gasteiger partial charge in [-0.15, -0.1) is 0 Å². The summed E-state index contributed by atoms with van der Waals surface area (Å²) >= 11 is 0. The molecule has 1 saturated heterocycles. The van der Waals surface area contributed by atoms with Gasteiger partial charge in [-0.1, -0.05) is 0 Å². The minimum Gasteiger partial charge on any atom is -0.477 e. The molecule has 4 rings (SSSR count). The maximum Gasteiger partial charge on any atom is 0.341 e. The minimum absolute atomic E-state index is 0.000293. The summed E-state index contributed by atoms with van der Waals surface area (Å²) in [5.74, 6) is -2.85. The Labute approximate surface area is 156 Å². The molecule has 0 radical (unpaired) electrons. The molecule has 3 aromatic rings. The molecule has 0 aliphatic carbocycles. The number of pyridine rings is 2. The van der Waals surface area contributed by atoms with E-state index in [2.05, 4.69) is 4.98 Å². The molecular weight excluding hydrogens is 375 g/mol. The second-order valence-electron chi connectivity index (χ2n) is 6.52. The van der Waals surface area contributed by atoms with Crippen molar-refractivity contribution in [3.63, 3.8) is 0 Å². The molecule has 28 heavy (non-hydrogen) atoms. The third-order valence-corrected chi connectivity index (χ3v) is 4.69. The van der Waals surface area contributed by atoms with Gasteiger partial charge in [0.15, 0.2) is 5.65 Å². The van der Waals surface area contributed by atoms with Crippen LogP contribution in [0.15, 0.2) is 41.3 Å². The largest absolute Gasteiger partial charge is 0.477 e. The number of carboxylic acid groups (broad SMARTS) is 1. The summed E-state index contributed by atoms with van der Waals surface area (Å²) in [5.41, 5.74) is -1.51. The third kappa shape index (κ3) is 2.98. The van der Waals surface area contributed by atoms with E-state index in [9.17, 15) is 27.9 Å². The Morgan fingerprint density at radius 1 is 1.21 bits per heavy atom. The van der Waals surface area contributed by atoms with Crippen LogP contribution in [0.4, 0.5) is 19.0 Å². The summed E-state index contributed by atoms with van der Waals surface area (Å²) in [7, 11) is 0. The second kappa shape index (κ2) is 6.66. The van der Waals surface area contributed by atoms with Gasteiger partial charge < -0.3 is 10.0 Å². The molecule has 0 bridgehead atoms. The minimum atomic E-state index is -1.48. The zero-order chi connectivity index (χ0) is 20.0. The Kier molecular flexibility index (Phi) is 4.29. The van der Waals surface area contributed by atoms with Gasteiger partial charge in [-0.2, -0.15) is 0 Å². The van der Waals surface area contributed by atoms with E-state index in [1.165, 1.54) is 12.1 Å². The standard InChI is InChI=1S/C19H14F3N3O3/c20-10-1-3-15(14(22)7-10)25-9-13(19(27)28)17(26)12-2-4-16(23-18(12)25)24-6-5-11(21)8-24/h1-4,7,9,11H,5-6,8H2,(H,27,28). The number of halogens is 3. The van der Waals surface area contributed by atoms with E-state index in [0.29, 0.717) is 24.8 Å². The summed E-state index contributed by atoms with van der Waals surface area (Å²) < 4.78 is 42.3. The number of benzene rings is 1. The van der Waals surface area contributed by atoms with E-state index in [1.807, 2.05) is 0 Å². The molecule has 1 N–H and O–H groups in total. The van der Waals surface area contributed by atoms with Crippen LogP contribution in [0.3, 0.4) is 0 Å². The van der Waals surface area contributed by atoms with Crippen LogP contribution in [0, 0.1) is 11.6 Å². The predicted octanol–water partition coefficient (Wildman–Crippen LogP) is 2.91. The molecular formula is C19H14F3N3O3.